The zero-order valence-corrected chi connectivity index (χ0v) is 13.1. The number of hydrogen-bond donors (Lipinski definition) is 1. The molecule has 0 aliphatic rings. The molecule has 0 fully saturated rings. The monoisotopic (exact) mass is 295 g/mol. The Balaban J connectivity index is 2.21. The Bertz CT molecular complexity index is 426. The highest BCUT2D eigenvalue weighted by Crippen LogP contribution is 2.35. The Morgan fingerprint density at radius 3 is 1.95 bits per heavy atom. The van der Waals surface area contributed by atoms with E-state index in [1.807, 2.05) is 22.9 Å². The molecule has 2 aromatic heterocycles. The Kier molecular flexibility index (Phi) is 5.16. The zero-order chi connectivity index (χ0) is 13.7. The highest BCUT2D eigenvalue weighted by atomic mass is 32.1. The molecule has 104 valence electrons. The molecule has 0 unspecified atom stereocenters. The molecule has 0 amide bonds. The molecular weight excluding hydrogens is 274 g/mol. The fraction of sp³-hybridized carbons (Fsp3) is 0.467. The molecule has 2 nitrogen and oxygen atoms in total. The quantitative estimate of drug-likeness (QED) is 0.840. The third-order valence-electron chi connectivity index (χ3n) is 3.68. The molecule has 0 bridgehead atoms. The predicted octanol–water partition coefficient (Wildman–Crippen LogP) is 3.78. The Hall–Kier alpha value is -0.680. The van der Waals surface area contributed by atoms with Crippen LogP contribution in [-0.2, 0) is 5.60 Å². The van der Waals surface area contributed by atoms with Crippen LogP contribution in [0.15, 0.2) is 33.7 Å². The smallest absolute Gasteiger partial charge is 0.117 e. The highest BCUT2D eigenvalue weighted by Gasteiger charge is 2.32. The minimum atomic E-state index is -0.845. The van der Waals surface area contributed by atoms with E-state index in [2.05, 4.69) is 29.5 Å². The summed E-state index contributed by atoms with van der Waals surface area (Å²) < 4.78 is 0. The van der Waals surface area contributed by atoms with E-state index in [1.165, 1.54) is 0 Å². The molecular formula is C15H21NOS2. The van der Waals surface area contributed by atoms with E-state index in [1.54, 1.807) is 22.7 Å². The molecule has 2 aromatic rings. The SMILES string of the molecule is CCN(CC)CCC(O)(c1ccsc1)c1ccsc1. The number of hydrogen-bond acceptors (Lipinski definition) is 4. The number of thiophene rings is 2. The van der Waals surface area contributed by atoms with Crippen molar-refractivity contribution in [3.8, 4) is 0 Å². The molecule has 0 atom stereocenters. The molecule has 0 spiro atoms. The largest absolute Gasteiger partial charge is 0.380 e. The summed E-state index contributed by atoms with van der Waals surface area (Å²) in [5.41, 5.74) is 1.19. The van der Waals surface area contributed by atoms with Crippen molar-refractivity contribution in [1.29, 1.82) is 0 Å². The van der Waals surface area contributed by atoms with Gasteiger partial charge in [0.15, 0.2) is 0 Å². The van der Waals surface area contributed by atoms with E-state index in [4.69, 9.17) is 0 Å². The van der Waals surface area contributed by atoms with Crippen molar-refractivity contribution in [2.24, 2.45) is 0 Å². The molecule has 0 aromatic carbocycles. The Morgan fingerprint density at radius 2 is 1.58 bits per heavy atom. The minimum Gasteiger partial charge on any atom is -0.380 e. The first-order valence-corrected chi connectivity index (χ1v) is 8.59. The van der Waals surface area contributed by atoms with Gasteiger partial charge >= 0.3 is 0 Å². The van der Waals surface area contributed by atoms with Gasteiger partial charge in [-0.05, 0) is 64.3 Å². The van der Waals surface area contributed by atoms with Crippen molar-refractivity contribution in [2.75, 3.05) is 19.6 Å². The van der Waals surface area contributed by atoms with E-state index in [9.17, 15) is 5.11 Å². The van der Waals surface area contributed by atoms with Crippen molar-refractivity contribution in [1.82, 2.24) is 4.90 Å². The Labute approximate surface area is 123 Å². The van der Waals surface area contributed by atoms with Crippen molar-refractivity contribution in [3.05, 3.63) is 44.8 Å². The number of rotatable bonds is 7. The van der Waals surface area contributed by atoms with Crippen molar-refractivity contribution in [2.45, 2.75) is 25.9 Å². The molecule has 0 aliphatic heterocycles. The summed E-state index contributed by atoms with van der Waals surface area (Å²) in [5.74, 6) is 0. The van der Waals surface area contributed by atoms with Crippen LogP contribution in [0.4, 0.5) is 0 Å². The lowest BCUT2D eigenvalue weighted by molar-refractivity contribution is 0.0595. The van der Waals surface area contributed by atoms with Crippen LogP contribution in [0, 0.1) is 0 Å². The van der Waals surface area contributed by atoms with Crippen LogP contribution in [-0.4, -0.2) is 29.6 Å². The molecule has 4 heteroatoms. The first-order chi connectivity index (χ1) is 9.20. The van der Waals surface area contributed by atoms with Crippen molar-refractivity contribution < 1.29 is 5.11 Å². The molecule has 2 rings (SSSR count). The van der Waals surface area contributed by atoms with Crippen molar-refractivity contribution >= 4 is 22.7 Å². The maximum atomic E-state index is 11.2. The van der Waals surface area contributed by atoms with Gasteiger partial charge in [0.1, 0.15) is 5.60 Å². The summed E-state index contributed by atoms with van der Waals surface area (Å²) in [6.07, 6.45) is 0.738. The molecule has 0 saturated carbocycles. The summed E-state index contributed by atoms with van der Waals surface area (Å²) in [6, 6.07) is 4.06. The predicted molar refractivity (Wildman–Crippen MR) is 84.0 cm³/mol. The minimum absolute atomic E-state index is 0.738. The van der Waals surface area contributed by atoms with Gasteiger partial charge in [-0.3, -0.25) is 0 Å². The zero-order valence-electron chi connectivity index (χ0n) is 11.5. The lowest BCUT2D eigenvalue weighted by atomic mass is 9.86. The average Bonchev–Trinajstić information content (AvgIpc) is 3.13. The lowest BCUT2D eigenvalue weighted by Gasteiger charge is -2.30. The standard InChI is InChI=1S/C15H21NOS2/c1-3-16(4-2)8-7-15(17,13-5-9-18-11-13)14-6-10-19-12-14/h5-6,9-12,17H,3-4,7-8H2,1-2H3. The highest BCUT2D eigenvalue weighted by molar-refractivity contribution is 7.08. The first-order valence-electron chi connectivity index (χ1n) is 6.70. The van der Waals surface area contributed by atoms with E-state index in [0.29, 0.717) is 0 Å². The summed E-state index contributed by atoms with van der Waals surface area (Å²) in [7, 11) is 0. The van der Waals surface area contributed by atoms with E-state index in [0.717, 1.165) is 37.2 Å². The summed E-state index contributed by atoms with van der Waals surface area (Å²) in [6.45, 7) is 7.30. The second-order valence-electron chi connectivity index (χ2n) is 4.66. The van der Waals surface area contributed by atoms with Crippen molar-refractivity contribution in [3.63, 3.8) is 0 Å². The molecule has 1 N–H and O–H groups in total. The first kappa shape index (κ1) is 14.7. The van der Waals surface area contributed by atoms with Gasteiger partial charge < -0.3 is 10.0 Å². The third kappa shape index (κ3) is 3.26. The van der Waals surface area contributed by atoms with Gasteiger partial charge in [0.2, 0.25) is 0 Å². The van der Waals surface area contributed by atoms with Gasteiger partial charge in [-0.2, -0.15) is 22.7 Å². The summed E-state index contributed by atoms with van der Waals surface area (Å²) >= 11 is 3.28. The molecule has 0 radical (unpaired) electrons. The molecule has 2 heterocycles. The third-order valence-corrected chi connectivity index (χ3v) is 5.05. The van der Waals surface area contributed by atoms with Crippen LogP contribution in [0.2, 0.25) is 0 Å². The number of aliphatic hydroxyl groups is 1. The van der Waals surface area contributed by atoms with E-state index in [-0.39, 0.29) is 0 Å². The maximum absolute atomic E-state index is 11.2. The average molecular weight is 295 g/mol. The van der Waals surface area contributed by atoms with Gasteiger partial charge in [0, 0.05) is 6.54 Å². The second kappa shape index (κ2) is 6.66. The molecule has 0 aliphatic carbocycles. The normalized spacial score (nSPS) is 12.2. The van der Waals surface area contributed by atoms with Gasteiger partial charge in [0.05, 0.1) is 0 Å². The maximum Gasteiger partial charge on any atom is 0.117 e. The van der Waals surface area contributed by atoms with Crippen LogP contribution < -0.4 is 0 Å². The fourth-order valence-corrected chi connectivity index (χ4v) is 3.76. The van der Waals surface area contributed by atoms with Gasteiger partial charge in [0.25, 0.3) is 0 Å². The van der Waals surface area contributed by atoms with Crippen LogP contribution in [0.1, 0.15) is 31.4 Å². The van der Waals surface area contributed by atoms with Crippen LogP contribution in [0.5, 0.6) is 0 Å². The second-order valence-corrected chi connectivity index (χ2v) is 6.22. The Morgan fingerprint density at radius 1 is 1.05 bits per heavy atom. The topological polar surface area (TPSA) is 23.5 Å². The van der Waals surface area contributed by atoms with Gasteiger partial charge in [-0.25, -0.2) is 0 Å². The molecule has 0 saturated heterocycles. The van der Waals surface area contributed by atoms with E-state index < -0.39 is 5.60 Å². The van der Waals surface area contributed by atoms with Gasteiger partial charge in [-0.15, -0.1) is 0 Å². The fourth-order valence-electron chi connectivity index (χ4n) is 2.31. The molecule has 19 heavy (non-hydrogen) atoms. The van der Waals surface area contributed by atoms with Gasteiger partial charge in [-0.1, -0.05) is 13.8 Å². The summed E-state index contributed by atoms with van der Waals surface area (Å²) in [4.78, 5) is 2.35. The van der Waals surface area contributed by atoms with Crippen LogP contribution >= 0.6 is 22.7 Å². The number of nitrogens with zero attached hydrogens (tertiary/aromatic N) is 1. The van der Waals surface area contributed by atoms with E-state index >= 15 is 0 Å². The summed E-state index contributed by atoms with van der Waals surface area (Å²) in [5, 5.41) is 19.3. The van der Waals surface area contributed by atoms with Crippen LogP contribution in [0.3, 0.4) is 0 Å². The van der Waals surface area contributed by atoms with Crippen LogP contribution in [0.25, 0.3) is 0 Å². The lowest BCUT2D eigenvalue weighted by Crippen LogP contribution is -2.33.